The second kappa shape index (κ2) is 9.68. The molecule has 1 N–H and O–H groups in total. The number of aromatic nitrogens is 4. The molecule has 0 radical (unpaired) electrons. The third-order valence-electron chi connectivity index (χ3n) is 6.95. The van der Waals surface area contributed by atoms with Gasteiger partial charge in [0.1, 0.15) is 11.4 Å². The second-order valence-electron chi connectivity index (χ2n) is 9.11. The van der Waals surface area contributed by atoms with Crippen LogP contribution in [0.5, 0.6) is 0 Å². The monoisotopic (exact) mass is 469 g/mol. The largest absolute Gasteiger partial charge is 0.294 e. The zero-order valence-corrected chi connectivity index (χ0v) is 19.6. The van der Waals surface area contributed by atoms with Crippen molar-refractivity contribution in [1.82, 2.24) is 25.5 Å². The lowest BCUT2D eigenvalue weighted by Crippen LogP contribution is -2.41. The van der Waals surface area contributed by atoms with E-state index in [0.29, 0.717) is 25.2 Å². The molecule has 1 aliphatic carbocycles. The minimum Gasteiger partial charge on any atom is -0.294 e. The Morgan fingerprint density at radius 2 is 1.89 bits per heavy atom. The van der Waals surface area contributed by atoms with Gasteiger partial charge >= 0.3 is 0 Å². The van der Waals surface area contributed by atoms with E-state index in [4.69, 9.17) is 10.5 Å². The van der Waals surface area contributed by atoms with Crippen molar-refractivity contribution >= 4 is 11.7 Å². The summed E-state index contributed by atoms with van der Waals surface area (Å²) in [5.41, 5.74) is 12.2. The molecule has 2 heterocycles. The smallest absolute Gasteiger partial charge is 0.256 e. The van der Waals surface area contributed by atoms with Crippen LogP contribution in [0.3, 0.4) is 0 Å². The van der Waals surface area contributed by atoms with E-state index in [-0.39, 0.29) is 11.9 Å². The number of aliphatic imine (C=N–C) groups is 1. The molecule has 1 spiro atoms. The summed E-state index contributed by atoms with van der Waals surface area (Å²) in [5.74, 6) is 1.36. The van der Waals surface area contributed by atoms with Crippen molar-refractivity contribution in [1.29, 1.82) is 0 Å². The Morgan fingerprint density at radius 1 is 1.14 bits per heavy atom. The number of azide groups is 1. The van der Waals surface area contributed by atoms with Gasteiger partial charge in [0.05, 0.1) is 6.54 Å². The van der Waals surface area contributed by atoms with Gasteiger partial charge < -0.3 is 0 Å². The van der Waals surface area contributed by atoms with Gasteiger partial charge in [-0.2, -0.15) is 5.21 Å². The van der Waals surface area contributed by atoms with Gasteiger partial charge in [0.2, 0.25) is 5.82 Å². The predicted octanol–water partition coefficient (Wildman–Crippen LogP) is 5.07. The number of hydrogen-bond donors (Lipinski definition) is 1. The van der Waals surface area contributed by atoms with Crippen LogP contribution in [0.2, 0.25) is 0 Å². The van der Waals surface area contributed by atoms with Crippen LogP contribution in [-0.4, -0.2) is 48.8 Å². The molecule has 1 amide bonds. The second-order valence-corrected chi connectivity index (χ2v) is 9.11. The van der Waals surface area contributed by atoms with E-state index >= 15 is 0 Å². The highest BCUT2D eigenvalue weighted by Gasteiger charge is 2.49. The number of amides is 1. The molecule has 1 atom stereocenters. The lowest BCUT2D eigenvalue weighted by Gasteiger charge is -2.23. The average molecular weight is 470 g/mol. The first-order valence-electron chi connectivity index (χ1n) is 12.0. The van der Waals surface area contributed by atoms with E-state index in [9.17, 15) is 4.79 Å². The number of carbonyl (C=O) groups is 1. The van der Waals surface area contributed by atoms with Gasteiger partial charge in [-0.1, -0.05) is 73.4 Å². The Labute approximate surface area is 203 Å². The van der Waals surface area contributed by atoms with E-state index in [2.05, 4.69) is 30.7 Å². The van der Waals surface area contributed by atoms with Gasteiger partial charge in [0, 0.05) is 22.9 Å². The lowest BCUT2D eigenvalue weighted by molar-refractivity contribution is -0.131. The number of nitrogens with zero attached hydrogens (tertiary/aromatic N) is 8. The molecule has 1 unspecified atom stereocenters. The summed E-state index contributed by atoms with van der Waals surface area (Å²) >= 11 is 0. The minimum atomic E-state index is -0.631. The number of tetrazole rings is 1. The molecule has 1 aromatic heterocycles. The Hall–Kier alpha value is -4.04. The summed E-state index contributed by atoms with van der Waals surface area (Å²) < 4.78 is 0. The van der Waals surface area contributed by atoms with Gasteiger partial charge in [-0.15, -0.1) is 10.2 Å². The molecule has 5 rings (SSSR count). The van der Waals surface area contributed by atoms with Crippen LogP contribution >= 0.6 is 0 Å². The standard InChI is InChI=1S/C25H27N9O/c1-2-19(28-31-26)15-22-27-25(13-5-6-14-25)24(35)34(22)16-17-9-11-18(12-10-17)20-7-3-4-8-21(20)23-29-32-33-30-23/h3-4,7-12,19H,2,5-6,13-16H2,1H3,(H,29,30,32,33). The Morgan fingerprint density at radius 3 is 2.54 bits per heavy atom. The van der Waals surface area contributed by atoms with E-state index < -0.39 is 5.54 Å². The molecular formula is C25H27N9O. The maximum atomic E-state index is 13.5. The number of benzene rings is 2. The van der Waals surface area contributed by atoms with Crippen LogP contribution in [0.4, 0.5) is 0 Å². The Balaban J connectivity index is 1.40. The van der Waals surface area contributed by atoms with Crippen LogP contribution in [0.15, 0.2) is 58.6 Å². The predicted molar refractivity (Wildman–Crippen MR) is 132 cm³/mol. The van der Waals surface area contributed by atoms with Crippen LogP contribution in [0.1, 0.15) is 51.0 Å². The van der Waals surface area contributed by atoms with Crippen LogP contribution in [0.25, 0.3) is 33.0 Å². The molecule has 178 valence electrons. The third kappa shape index (κ3) is 4.40. The fourth-order valence-corrected chi connectivity index (χ4v) is 5.06. The molecular weight excluding hydrogens is 442 g/mol. The van der Waals surface area contributed by atoms with Gasteiger partial charge in [0.15, 0.2) is 0 Å². The molecule has 35 heavy (non-hydrogen) atoms. The molecule has 0 bridgehead atoms. The lowest BCUT2D eigenvalue weighted by atomic mass is 9.97. The molecule has 1 fully saturated rings. The first-order valence-corrected chi connectivity index (χ1v) is 12.0. The van der Waals surface area contributed by atoms with Crippen molar-refractivity contribution in [3.8, 4) is 22.5 Å². The third-order valence-corrected chi connectivity index (χ3v) is 6.95. The first kappa shape index (κ1) is 22.7. The van der Waals surface area contributed by atoms with Gasteiger partial charge in [-0.05, 0) is 46.7 Å². The molecule has 0 saturated heterocycles. The van der Waals surface area contributed by atoms with Crippen molar-refractivity contribution in [3.63, 3.8) is 0 Å². The van der Waals surface area contributed by atoms with Crippen molar-refractivity contribution in [2.24, 2.45) is 10.1 Å². The number of nitrogens with one attached hydrogen (secondary N) is 1. The number of amidine groups is 1. The zero-order chi connectivity index (χ0) is 24.3. The van der Waals surface area contributed by atoms with Crippen molar-refractivity contribution in [3.05, 3.63) is 64.5 Å². The highest BCUT2D eigenvalue weighted by molar-refractivity contribution is 6.08. The van der Waals surface area contributed by atoms with Gasteiger partial charge in [-0.25, -0.2) is 0 Å². The highest BCUT2D eigenvalue weighted by atomic mass is 16.2. The molecule has 1 aliphatic heterocycles. The van der Waals surface area contributed by atoms with Crippen LogP contribution in [0, 0.1) is 0 Å². The SMILES string of the molecule is CCC(CC1=NC2(CCCC2)C(=O)N1Cc1ccc(-c2ccccc2-c2nn[nH]n2)cc1)N=[N+]=[N-]. The number of hydrogen-bond acceptors (Lipinski definition) is 6. The molecule has 2 aromatic carbocycles. The maximum absolute atomic E-state index is 13.5. The van der Waals surface area contributed by atoms with Crippen molar-refractivity contribution < 1.29 is 4.79 Å². The minimum absolute atomic E-state index is 0.0762. The summed E-state index contributed by atoms with van der Waals surface area (Å²) in [4.78, 5) is 23.3. The number of H-pyrrole nitrogens is 1. The number of carbonyl (C=O) groups excluding carboxylic acids is 1. The fourth-order valence-electron chi connectivity index (χ4n) is 5.06. The van der Waals surface area contributed by atoms with E-state index in [1.54, 1.807) is 0 Å². The van der Waals surface area contributed by atoms with Crippen LogP contribution in [-0.2, 0) is 11.3 Å². The Bertz CT molecular complexity index is 1270. The number of aromatic amines is 1. The summed E-state index contributed by atoms with van der Waals surface area (Å²) in [6.45, 7) is 2.43. The normalized spacial score (nSPS) is 17.5. The molecule has 1 saturated carbocycles. The molecule has 10 heteroatoms. The molecule has 3 aromatic rings. The quantitative estimate of drug-likeness (QED) is 0.280. The van der Waals surface area contributed by atoms with Gasteiger partial charge in [-0.3, -0.25) is 14.7 Å². The summed E-state index contributed by atoms with van der Waals surface area (Å²) in [6.07, 6.45) is 4.78. The van der Waals surface area contributed by atoms with E-state index in [0.717, 1.165) is 53.8 Å². The topological polar surface area (TPSA) is 136 Å². The summed E-state index contributed by atoms with van der Waals surface area (Å²) in [6, 6.07) is 15.9. The van der Waals surface area contributed by atoms with Gasteiger partial charge in [0.25, 0.3) is 5.91 Å². The maximum Gasteiger partial charge on any atom is 0.256 e. The molecule has 2 aliphatic rings. The summed E-state index contributed by atoms with van der Waals surface area (Å²) in [7, 11) is 0. The van der Waals surface area contributed by atoms with E-state index in [1.165, 1.54) is 0 Å². The number of rotatable bonds is 8. The Kier molecular flexibility index (Phi) is 6.29. The highest BCUT2D eigenvalue weighted by Crippen LogP contribution is 2.40. The van der Waals surface area contributed by atoms with Crippen molar-refractivity contribution in [2.75, 3.05) is 0 Å². The fraction of sp³-hybridized carbons (Fsp3) is 0.400. The zero-order valence-electron chi connectivity index (χ0n) is 19.6. The molecule has 10 nitrogen and oxygen atoms in total. The summed E-state index contributed by atoms with van der Waals surface area (Å²) in [5, 5.41) is 18.3. The first-order chi connectivity index (χ1) is 17.1. The van der Waals surface area contributed by atoms with Crippen LogP contribution < -0.4 is 0 Å². The van der Waals surface area contributed by atoms with E-state index in [1.807, 2.05) is 60.4 Å². The average Bonchev–Trinajstić information content (AvgIpc) is 3.64. The van der Waals surface area contributed by atoms with Crippen molar-refractivity contribution in [2.45, 2.75) is 63.6 Å².